The highest BCUT2D eigenvalue weighted by atomic mass is 16.6. The highest BCUT2D eigenvalue weighted by Crippen LogP contribution is 2.13. The fourth-order valence-electron chi connectivity index (χ4n) is 8.36. The lowest BCUT2D eigenvalue weighted by Gasteiger charge is -2.18. The van der Waals surface area contributed by atoms with Gasteiger partial charge in [0, 0.05) is 19.3 Å². The zero-order chi connectivity index (χ0) is 58.5. The van der Waals surface area contributed by atoms with Crippen LogP contribution in [0.15, 0.2) is 170 Å². The third kappa shape index (κ3) is 65.5. The van der Waals surface area contributed by atoms with E-state index in [9.17, 15) is 14.4 Å². The summed E-state index contributed by atoms with van der Waals surface area (Å²) < 4.78 is 16.9. The average Bonchev–Trinajstić information content (AvgIpc) is 3.47. The number of hydrogen-bond acceptors (Lipinski definition) is 6. The van der Waals surface area contributed by atoms with Gasteiger partial charge in [-0.1, -0.05) is 262 Å². The third-order valence-electron chi connectivity index (χ3n) is 13.2. The topological polar surface area (TPSA) is 78.9 Å². The lowest BCUT2D eigenvalue weighted by atomic mass is 10.1. The van der Waals surface area contributed by atoms with Gasteiger partial charge in [-0.15, -0.1) is 0 Å². The van der Waals surface area contributed by atoms with Gasteiger partial charge in [-0.25, -0.2) is 0 Å². The van der Waals surface area contributed by atoms with Gasteiger partial charge in [-0.2, -0.15) is 0 Å². The van der Waals surface area contributed by atoms with Gasteiger partial charge in [0.1, 0.15) is 13.2 Å². The number of rotatable bonds is 57. The molecule has 0 aliphatic rings. The van der Waals surface area contributed by atoms with Gasteiger partial charge in [-0.05, 0) is 154 Å². The molecule has 81 heavy (non-hydrogen) atoms. The Balaban J connectivity index is 4.52. The second-order valence-corrected chi connectivity index (χ2v) is 20.9. The molecular weight excluding hydrogens is 997 g/mol. The van der Waals surface area contributed by atoms with Crippen LogP contribution >= 0.6 is 0 Å². The predicted molar refractivity (Wildman–Crippen MR) is 352 cm³/mol. The highest BCUT2D eigenvalue weighted by molar-refractivity contribution is 5.71. The molecule has 0 rings (SSSR count). The van der Waals surface area contributed by atoms with Crippen LogP contribution in [0.5, 0.6) is 0 Å². The molecule has 0 aliphatic carbocycles. The van der Waals surface area contributed by atoms with Gasteiger partial charge in [-0.3, -0.25) is 14.4 Å². The third-order valence-corrected chi connectivity index (χ3v) is 13.2. The van der Waals surface area contributed by atoms with Gasteiger partial charge in [0.2, 0.25) is 0 Å². The molecule has 0 saturated carbocycles. The molecule has 0 bridgehead atoms. The molecule has 6 heteroatoms. The highest BCUT2D eigenvalue weighted by Gasteiger charge is 2.19. The van der Waals surface area contributed by atoms with E-state index in [4.69, 9.17) is 14.2 Å². The molecule has 0 saturated heterocycles. The molecule has 0 aromatic rings. The van der Waals surface area contributed by atoms with Crippen LogP contribution in [0.4, 0.5) is 0 Å². The Hall–Kier alpha value is -5.23. The van der Waals surface area contributed by atoms with Crippen LogP contribution in [0, 0.1) is 0 Å². The van der Waals surface area contributed by atoms with E-state index in [0.717, 1.165) is 167 Å². The van der Waals surface area contributed by atoms with Crippen molar-refractivity contribution in [2.45, 2.75) is 271 Å². The van der Waals surface area contributed by atoms with E-state index in [1.807, 2.05) is 0 Å². The summed E-state index contributed by atoms with van der Waals surface area (Å²) >= 11 is 0. The molecule has 0 aromatic carbocycles. The summed E-state index contributed by atoms with van der Waals surface area (Å²) in [6, 6.07) is 0. The molecule has 0 fully saturated rings. The first kappa shape index (κ1) is 75.8. The normalized spacial score (nSPS) is 13.3. The Kier molecular flexibility index (Phi) is 62.9. The molecule has 0 heterocycles. The van der Waals surface area contributed by atoms with Crippen molar-refractivity contribution in [3.05, 3.63) is 170 Å². The average molecular weight is 1120 g/mol. The first-order valence-electron chi connectivity index (χ1n) is 32.6. The fourth-order valence-corrected chi connectivity index (χ4v) is 8.36. The molecule has 0 amide bonds. The maximum atomic E-state index is 12.9. The van der Waals surface area contributed by atoms with Crippen LogP contribution in [0.25, 0.3) is 0 Å². The van der Waals surface area contributed by atoms with E-state index in [1.165, 1.54) is 51.4 Å². The summed E-state index contributed by atoms with van der Waals surface area (Å²) in [5, 5.41) is 0. The summed E-state index contributed by atoms with van der Waals surface area (Å²) in [5.41, 5.74) is 0. The molecule has 1 unspecified atom stereocenters. The largest absolute Gasteiger partial charge is 0.462 e. The van der Waals surface area contributed by atoms with Crippen molar-refractivity contribution >= 4 is 17.9 Å². The smallest absolute Gasteiger partial charge is 0.306 e. The number of ether oxygens (including phenoxy) is 3. The summed E-state index contributed by atoms with van der Waals surface area (Å²) in [5.74, 6) is -0.989. The number of hydrogen-bond donors (Lipinski definition) is 0. The number of esters is 3. The maximum Gasteiger partial charge on any atom is 0.306 e. The van der Waals surface area contributed by atoms with Crippen molar-refractivity contribution in [2.75, 3.05) is 13.2 Å². The van der Waals surface area contributed by atoms with Crippen LogP contribution in [0.3, 0.4) is 0 Å². The van der Waals surface area contributed by atoms with Crippen LogP contribution in [-0.2, 0) is 28.6 Å². The molecule has 454 valence electrons. The van der Waals surface area contributed by atoms with Crippen molar-refractivity contribution in [3.63, 3.8) is 0 Å². The Labute approximate surface area is 498 Å². The Morgan fingerprint density at radius 2 is 0.481 bits per heavy atom. The van der Waals surface area contributed by atoms with E-state index >= 15 is 0 Å². The lowest BCUT2D eigenvalue weighted by Crippen LogP contribution is -2.30. The van der Waals surface area contributed by atoms with Crippen molar-refractivity contribution in [1.82, 2.24) is 0 Å². The van der Waals surface area contributed by atoms with E-state index in [-0.39, 0.29) is 37.5 Å². The molecule has 0 aromatic heterocycles. The molecule has 0 radical (unpaired) electrons. The summed E-state index contributed by atoms with van der Waals surface area (Å²) in [6.07, 6.45) is 99.2. The standard InChI is InChI=1S/C75H118O6/c1-4-7-10-13-16-19-22-25-28-30-32-34-35-36-37-38-39-41-42-44-47-50-53-56-59-62-65-68-74(77)80-71-72(70-79-73(76)67-64-61-58-55-52-49-46-27-24-21-18-15-12-9-6-3)81-75(78)69-66-63-60-57-54-51-48-45-43-40-33-31-29-26-23-20-17-14-11-8-5-2/h7-8,10-11,16-17,19-20,25-29,32-34,36-37,39-41,44-48,54,57,72H,4-6,9,12-15,18,21-24,30-31,35,38,42-43,49-53,55-56,58-71H2,1-3H3/b10-7-,11-8-,19-16-,20-17-,28-25-,29-26-,34-32-,37-36-,40-33-,41-39-,46-27-,47-44-,48-45-,57-54-. The van der Waals surface area contributed by atoms with E-state index < -0.39 is 6.10 Å². The first-order chi connectivity index (χ1) is 40.0. The SMILES string of the molecule is CC/C=C\C/C=C\C/C=C\C/C=C\C/C=C\C/C=C\C/C=C\CCCCCCCC(=O)OCC(COC(=O)CCCCCCC/C=C\CCCCCCCC)OC(=O)CCCC/C=C\C/C=C\C/C=C\C/C=C\C/C=C\C/C=C\CC. The van der Waals surface area contributed by atoms with Crippen LogP contribution in [-0.4, -0.2) is 37.2 Å². The number of allylic oxidation sites excluding steroid dienone is 28. The van der Waals surface area contributed by atoms with Crippen LogP contribution < -0.4 is 0 Å². The second-order valence-electron chi connectivity index (χ2n) is 20.9. The second kappa shape index (κ2) is 67.3. The zero-order valence-corrected chi connectivity index (χ0v) is 52.0. The fraction of sp³-hybridized carbons (Fsp3) is 0.587. The molecule has 1 atom stereocenters. The number of carbonyl (C=O) groups is 3. The van der Waals surface area contributed by atoms with Gasteiger partial charge >= 0.3 is 17.9 Å². The quantitative estimate of drug-likeness (QED) is 0.0261. The summed E-state index contributed by atoms with van der Waals surface area (Å²) in [6.45, 7) is 6.34. The van der Waals surface area contributed by atoms with Gasteiger partial charge in [0.05, 0.1) is 0 Å². The molecule has 0 N–H and O–H groups in total. The molecular formula is C75H118O6. The molecule has 6 nitrogen and oxygen atoms in total. The monoisotopic (exact) mass is 1110 g/mol. The zero-order valence-electron chi connectivity index (χ0n) is 52.0. The van der Waals surface area contributed by atoms with E-state index in [1.54, 1.807) is 0 Å². The number of unbranched alkanes of at least 4 members (excludes halogenated alkanes) is 18. The number of carbonyl (C=O) groups excluding carboxylic acids is 3. The van der Waals surface area contributed by atoms with E-state index in [2.05, 4.69) is 191 Å². The van der Waals surface area contributed by atoms with Gasteiger partial charge in [0.15, 0.2) is 6.10 Å². The van der Waals surface area contributed by atoms with Crippen LogP contribution in [0.2, 0.25) is 0 Å². The summed E-state index contributed by atoms with van der Waals surface area (Å²) in [7, 11) is 0. The van der Waals surface area contributed by atoms with Gasteiger partial charge in [0.25, 0.3) is 0 Å². The van der Waals surface area contributed by atoms with Crippen molar-refractivity contribution in [2.24, 2.45) is 0 Å². The van der Waals surface area contributed by atoms with Crippen molar-refractivity contribution in [3.8, 4) is 0 Å². The maximum absolute atomic E-state index is 12.9. The Morgan fingerprint density at radius 3 is 0.790 bits per heavy atom. The van der Waals surface area contributed by atoms with Crippen molar-refractivity contribution < 1.29 is 28.6 Å². The summed E-state index contributed by atoms with van der Waals surface area (Å²) in [4.78, 5) is 38.4. The molecule has 0 spiro atoms. The van der Waals surface area contributed by atoms with Gasteiger partial charge < -0.3 is 14.2 Å². The minimum atomic E-state index is -0.824. The Morgan fingerprint density at radius 1 is 0.259 bits per heavy atom. The minimum Gasteiger partial charge on any atom is -0.462 e. The van der Waals surface area contributed by atoms with Crippen molar-refractivity contribution in [1.29, 1.82) is 0 Å². The predicted octanol–water partition coefficient (Wildman–Crippen LogP) is 22.7. The minimum absolute atomic E-state index is 0.114. The first-order valence-corrected chi connectivity index (χ1v) is 32.6. The Bertz CT molecular complexity index is 1860. The van der Waals surface area contributed by atoms with E-state index in [0.29, 0.717) is 19.3 Å². The molecule has 0 aliphatic heterocycles. The lowest BCUT2D eigenvalue weighted by molar-refractivity contribution is -0.167. The van der Waals surface area contributed by atoms with Crippen LogP contribution in [0.1, 0.15) is 265 Å².